The number of rotatable bonds is 6. The van der Waals surface area contributed by atoms with Crippen molar-refractivity contribution in [3.05, 3.63) is 101 Å². The monoisotopic (exact) mass is 702 g/mol. The smallest absolute Gasteiger partial charge is 0.0261 e. The third kappa shape index (κ3) is 6.02. The molecule has 0 aliphatic carbocycles. The van der Waals surface area contributed by atoms with Crippen LogP contribution in [-0.2, 0) is 0 Å². The summed E-state index contributed by atoms with van der Waals surface area (Å²) in [6.45, 7) is 8.17. The Morgan fingerprint density at radius 2 is 0.618 bits per heavy atom. The number of hydrogen-bond donors (Lipinski definition) is 0. The molecular formula is C30H26Br4. The fourth-order valence-corrected chi connectivity index (χ4v) is 6.14. The molecule has 0 aliphatic heterocycles. The minimum atomic E-state index is 1.04. The second kappa shape index (κ2) is 12.5. The topological polar surface area (TPSA) is 0 Å². The van der Waals surface area contributed by atoms with Crippen LogP contribution < -0.4 is 0 Å². The van der Waals surface area contributed by atoms with Crippen molar-refractivity contribution in [1.82, 2.24) is 0 Å². The van der Waals surface area contributed by atoms with Crippen LogP contribution in [0.5, 0.6) is 0 Å². The average Bonchev–Trinajstić information content (AvgIpc) is 2.79. The first-order valence-corrected chi connectivity index (χ1v) is 14.2. The van der Waals surface area contributed by atoms with Crippen molar-refractivity contribution in [2.45, 2.75) is 27.7 Å². The van der Waals surface area contributed by atoms with E-state index in [1.54, 1.807) is 0 Å². The van der Waals surface area contributed by atoms with Gasteiger partial charge in [0.1, 0.15) is 0 Å². The molecule has 0 heterocycles. The van der Waals surface area contributed by atoms with Gasteiger partial charge in [0.2, 0.25) is 0 Å². The van der Waals surface area contributed by atoms with Crippen molar-refractivity contribution in [2.24, 2.45) is 0 Å². The maximum atomic E-state index is 3.86. The average molecular weight is 706 g/mol. The SMILES string of the molecule is C/C=C/c1cc(Br)c(-c2cc(Br)c(-c3cc(/C=C/C)c(/C=C/C)cc3Br)cc2Br)cc1/C=C/C. The van der Waals surface area contributed by atoms with Crippen LogP contribution in [0.1, 0.15) is 49.9 Å². The van der Waals surface area contributed by atoms with Crippen molar-refractivity contribution in [3.8, 4) is 22.3 Å². The molecule has 0 atom stereocenters. The lowest BCUT2D eigenvalue weighted by molar-refractivity contribution is 1.48. The molecule has 0 saturated carbocycles. The zero-order chi connectivity index (χ0) is 24.8. The van der Waals surface area contributed by atoms with Gasteiger partial charge in [-0.15, -0.1) is 0 Å². The van der Waals surface area contributed by atoms with E-state index in [0.717, 1.165) is 40.1 Å². The Bertz CT molecular complexity index is 1220. The molecule has 0 saturated heterocycles. The van der Waals surface area contributed by atoms with Crippen molar-refractivity contribution in [1.29, 1.82) is 0 Å². The van der Waals surface area contributed by atoms with Gasteiger partial charge >= 0.3 is 0 Å². The molecule has 0 fully saturated rings. The molecule has 0 aromatic heterocycles. The highest BCUT2D eigenvalue weighted by Crippen LogP contribution is 2.43. The maximum Gasteiger partial charge on any atom is 0.0261 e. The van der Waals surface area contributed by atoms with Crippen molar-refractivity contribution < 1.29 is 0 Å². The molecular weight excluding hydrogens is 680 g/mol. The summed E-state index contributed by atoms with van der Waals surface area (Å²) < 4.78 is 4.19. The standard InChI is InChI=1S/C30H26Br4/c1-5-9-19-13-23(27(31)15-21(19)11-7-3)25-17-30(34)26(18-29(25)33)24-14-20(10-6-2)22(12-8-4)16-28(24)32/h5-18H,1-4H3/b9-5+,10-6+,11-7+,12-8+. The van der Waals surface area contributed by atoms with E-state index in [-0.39, 0.29) is 0 Å². The van der Waals surface area contributed by atoms with Crippen LogP contribution in [0.15, 0.2) is 78.6 Å². The molecule has 0 bridgehead atoms. The summed E-state index contributed by atoms with van der Waals surface area (Å²) in [6.07, 6.45) is 16.8. The van der Waals surface area contributed by atoms with E-state index in [0.29, 0.717) is 0 Å². The van der Waals surface area contributed by atoms with Gasteiger partial charge in [-0.25, -0.2) is 0 Å². The summed E-state index contributed by atoms with van der Waals surface area (Å²) in [7, 11) is 0. The number of halogens is 4. The van der Waals surface area contributed by atoms with Gasteiger partial charge in [0.15, 0.2) is 0 Å². The molecule has 34 heavy (non-hydrogen) atoms. The summed E-state index contributed by atoms with van der Waals surface area (Å²) in [4.78, 5) is 0. The molecule has 0 spiro atoms. The van der Waals surface area contributed by atoms with Gasteiger partial charge in [-0.1, -0.05) is 112 Å². The molecule has 0 amide bonds. The summed E-state index contributed by atoms with van der Waals surface area (Å²) in [5.41, 5.74) is 9.25. The highest BCUT2D eigenvalue weighted by atomic mass is 79.9. The van der Waals surface area contributed by atoms with Crippen molar-refractivity contribution in [2.75, 3.05) is 0 Å². The van der Waals surface area contributed by atoms with E-state index in [9.17, 15) is 0 Å². The molecule has 4 heteroatoms. The Kier molecular flexibility index (Phi) is 9.96. The summed E-state index contributed by atoms with van der Waals surface area (Å²) in [5.74, 6) is 0. The third-order valence-electron chi connectivity index (χ3n) is 5.37. The highest BCUT2D eigenvalue weighted by Gasteiger charge is 2.16. The molecule has 0 radical (unpaired) electrons. The Balaban J connectivity index is 2.20. The van der Waals surface area contributed by atoms with Gasteiger partial charge in [0.25, 0.3) is 0 Å². The van der Waals surface area contributed by atoms with Crippen LogP contribution in [0.4, 0.5) is 0 Å². The number of benzene rings is 3. The van der Waals surface area contributed by atoms with E-state index in [1.165, 1.54) is 22.3 Å². The second-order valence-corrected chi connectivity index (χ2v) is 11.2. The second-order valence-electron chi connectivity index (χ2n) is 7.73. The lowest BCUT2D eigenvalue weighted by Gasteiger charge is -2.16. The first-order chi connectivity index (χ1) is 16.3. The molecule has 0 aliphatic rings. The van der Waals surface area contributed by atoms with Gasteiger partial charge in [0, 0.05) is 17.9 Å². The van der Waals surface area contributed by atoms with Crippen molar-refractivity contribution >= 4 is 88.0 Å². The largest absolute Gasteiger partial charge is 0.0870 e. The fraction of sp³-hybridized carbons (Fsp3) is 0.133. The molecule has 3 aromatic rings. The summed E-state index contributed by atoms with van der Waals surface area (Å²) in [5, 5.41) is 0. The molecule has 0 unspecified atom stereocenters. The molecule has 3 rings (SSSR count). The molecule has 0 N–H and O–H groups in total. The lowest BCUT2D eigenvalue weighted by Crippen LogP contribution is -1.92. The van der Waals surface area contributed by atoms with Crippen LogP contribution in [0.25, 0.3) is 46.6 Å². The normalized spacial score (nSPS) is 12.2. The predicted molar refractivity (Wildman–Crippen MR) is 167 cm³/mol. The van der Waals surface area contributed by atoms with Crippen LogP contribution in [0.3, 0.4) is 0 Å². The van der Waals surface area contributed by atoms with Crippen LogP contribution in [0.2, 0.25) is 0 Å². The Hall–Kier alpha value is -1.46. The predicted octanol–water partition coefficient (Wildman–Crippen LogP) is 12.2. The molecule has 174 valence electrons. The van der Waals surface area contributed by atoms with E-state index in [2.05, 4.69) is 149 Å². The lowest BCUT2D eigenvalue weighted by atomic mass is 9.95. The highest BCUT2D eigenvalue weighted by molar-refractivity contribution is 9.11. The van der Waals surface area contributed by atoms with Gasteiger partial charge in [-0.2, -0.15) is 0 Å². The van der Waals surface area contributed by atoms with Gasteiger partial charge in [-0.05, 0) is 109 Å². The Morgan fingerprint density at radius 3 is 0.912 bits per heavy atom. The third-order valence-corrected chi connectivity index (χ3v) is 7.99. The van der Waals surface area contributed by atoms with Gasteiger partial charge in [-0.3, -0.25) is 0 Å². The van der Waals surface area contributed by atoms with Crippen LogP contribution in [-0.4, -0.2) is 0 Å². The Morgan fingerprint density at radius 1 is 0.382 bits per heavy atom. The zero-order valence-corrected chi connectivity index (χ0v) is 25.9. The van der Waals surface area contributed by atoms with E-state index in [4.69, 9.17) is 0 Å². The molecule has 3 aromatic carbocycles. The van der Waals surface area contributed by atoms with Gasteiger partial charge < -0.3 is 0 Å². The first-order valence-electron chi connectivity index (χ1n) is 11.0. The summed E-state index contributed by atoms with van der Waals surface area (Å²) >= 11 is 15.3. The quantitative estimate of drug-likeness (QED) is 0.239. The Labute approximate surface area is 237 Å². The number of allylic oxidation sites excluding steroid dienone is 4. The fourth-order valence-electron chi connectivity index (χ4n) is 3.88. The van der Waals surface area contributed by atoms with E-state index >= 15 is 0 Å². The van der Waals surface area contributed by atoms with Gasteiger partial charge in [0.05, 0.1) is 0 Å². The molecule has 0 nitrogen and oxygen atoms in total. The zero-order valence-electron chi connectivity index (χ0n) is 19.6. The maximum absolute atomic E-state index is 3.86. The minimum absolute atomic E-state index is 1.04. The van der Waals surface area contributed by atoms with Crippen LogP contribution >= 0.6 is 63.7 Å². The minimum Gasteiger partial charge on any atom is -0.0870 e. The number of hydrogen-bond acceptors (Lipinski definition) is 0. The van der Waals surface area contributed by atoms with Crippen LogP contribution in [0, 0.1) is 0 Å². The van der Waals surface area contributed by atoms with E-state index in [1.807, 2.05) is 27.7 Å². The first kappa shape index (κ1) is 27.1. The van der Waals surface area contributed by atoms with E-state index < -0.39 is 0 Å². The van der Waals surface area contributed by atoms with Crippen molar-refractivity contribution in [3.63, 3.8) is 0 Å². The summed E-state index contributed by atoms with van der Waals surface area (Å²) in [6, 6.07) is 13.2.